The number of para-hydroxylation sites is 5. The van der Waals surface area contributed by atoms with Crippen LogP contribution < -0.4 is 0 Å². The van der Waals surface area contributed by atoms with Gasteiger partial charge in [0.25, 0.3) is 0 Å². The van der Waals surface area contributed by atoms with Crippen molar-refractivity contribution in [1.82, 2.24) is 53.6 Å². The summed E-state index contributed by atoms with van der Waals surface area (Å²) in [7, 11) is 0. The first kappa shape index (κ1) is 71.9. The van der Waals surface area contributed by atoms with Gasteiger partial charge in [-0.25, -0.2) is 24.9 Å². The third-order valence-electron chi connectivity index (χ3n) is 26.6. The van der Waals surface area contributed by atoms with Crippen LogP contribution in [0.25, 0.3) is 278 Å². The highest BCUT2D eigenvalue weighted by Gasteiger charge is 2.30. The summed E-state index contributed by atoms with van der Waals surface area (Å²) in [6, 6.07) is 123. The average molecular weight is 1680 g/mol. The Kier molecular flexibility index (Phi) is 15.5. The maximum Gasteiger partial charge on any atom is 0.235 e. The first-order chi connectivity index (χ1) is 64.6. The van der Waals surface area contributed by atoms with Gasteiger partial charge in [-0.05, 0) is 132 Å². The largest absolute Gasteiger partial charge is 0.455 e. The van der Waals surface area contributed by atoms with Crippen LogP contribution in [0.15, 0.2) is 404 Å². The lowest BCUT2D eigenvalue weighted by atomic mass is 9.95. The van der Waals surface area contributed by atoms with Crippen LogP contribution in [0.2, 0.25) is 0 Å². The number of hydrogen-bond donors (Lipinski definition) is 0. The molecule has 602 valence electrons. The van der Waals surface area contributed by atoms with Gasteiger partial charge in [0.2, 0.25) is 11.9 Å². The highest BCUT2D eigenvalue weighted by atomic mass is 32.1. The summed E-state index contributed by atoms with van der Waals surface area (Å²) >= 11 is 1.83. The van der Waals surface area contributed by atoms with Gasteiger partial charge in [0.05, 0.1) is 66.3 Å². The Labute approximate surface area is 741 Å². The van der Waals surface area contributed by atoms with Crippen LogP contribution in [0.5, 0.6) is 0 Å². The molecule has 14 heteroatoms. The van der Waals surface area contributed by atoms with E-state index >= 15 is 0 Å². The summed E-state index contributed by atoms with van der Waals surface area (Å²) in [6.45, 7) is 0. The number of aromatic nitrogens is 11. The van der Waals surface area contributed by atoms with E-state index in [9.17, 15) is 0 Å². The van der Waals surface area contributed by atoms with Crippen LogP contribution in [0, 0.1) is 0 Å². The Hall–Kier alpha value is -17.5. The molecule has 12 aromatic heterocycles. The smallest absolute Gasteiger partial charge is 0.235 e. The Morgan fingerprint density at radius 1 is 0.246 bits per heavy atom. The lowest BCUT2D eigenvalue weighted by Crippen LogP contribution is -2.04. The number of hydrogen-bond acceptors (Lipinski definition) is 11. The predicted molar refractivity (Wildman–Crippen MR) is 538 cm³/mol. The van der Waals surface area contributed by atoms with Gasteiger partial charge in [-0.2, -0.15) is 0 Å². The lowest BCUT2D eigenvalue weighted by molar-refractivity contribution is 0.672. The summed E-state index contributed by atoms with van der Waals surface area (Å²) in [6.07, 6.45) is 13.5. The van der Waals surface area contributed by atoms with E-state index in [1.807, 2.05) is 78.8 Å². The molecule has 13 nitrogen and oxygen atoms in total. The van der Waals surface area contributed by atoms with Gasteiger partial charge in [0.15, 0.2) is 0 Å². The van der Waals surface area contributed by atoms with Crippen molar-refractivity contribution in [3.63, 3.8) is 0 Å². The highest BCUT2D eigenvalue weighted by Crippen LogP contribution is 2.52. The number of benzene rings is 18. The molecular formula is C116H65N11O2S. The van der Waals surface area contributed by atoms with E-state index in [1.165, 1.54) is 79.4 Å². The Morgan fingerprint density at radius 3 is 1.26 bits per heavy atom. The summed E-state index contributed by atoms with van der Waals surface area (Å²) < 4.78 is 22.5. The van der Waals surface area contributed by atoms with Crippen molar-refractivity contribution < 1.29 is 8.83 Å². The first-order valence-electron chi connectivity index (χ1n) is 43.6. The van der Waals surface area contributed by atoms with Crippen molar-refractivity contribution >= 4 is 249 Å². The van der Waals surface area contributed by atoms with Crippen LogP contribution >= 0.6 is 11.3 Å². The number of thiophene rings is 1. The van der Waals surface area contributed by atoms with Gasteiger partial charge >= 0.3 is 0 Å². The van der Waals surface area contributed by atoms with Gasteiger partial charge in [-0.15, -0.1) is 11.3 Å². The van der Waals surface area contributed by atoms with E-state index in [1.54, 1.807) is 0 Å². The molecular weight excluding hydrogens is 1610 g/mol. The molecule has 0 atom stereocenters. The quantitative estimate of drug-likeness (QED) is 0.153. The molecule has 0 saturated heterocycles. The number of rotatable bonds is 5. The second-order valence-corrected chi connectivity index (χ2v) is 34.5. The molecule has 0 bridgehead atoms. The van der Waals surface area contributed by atoms with Crippen LogP contribution in [0.3, 0.4) is 0 Å². The molecule has 130 heavy (non-hydrogen) atoms. The van der Waals surface area contributed by atoms with Crippen LogP contribution in [-0.4, -0.2) is 53.6 Å². The number of fused-ring (bicyclic) bond motifs is 42. The molecule has 0 aliphatic carbocycles. The number of nitrogens with zero attached hydrogens (tertiary/aromatic N) is 11. The molecule has 0 N–H and O–H groups in total. The van der Waals surface area contributed by atoms with Gasteiger partial charge < -0.3 is 8.83 Å². The normalized spacial score (nSPS) is 12.2. The molecule has 0 amide bonds. The summed E-state index contributed by atoms with van der Waals surface area (Å²) in [5.41, 5.74) is 15.7. The molecule has 30 rings (SSSR count). The highest BCUT2D eigenvalue weighted by molar-refractivity contribution is 7.27. The topological polar surface area (TPSA) is 144 Å². The monoisotopic (exact) mass is 1680 g/mol. The molecule has 0 aliphatic heterocycles. The minimum Gasteiger partial charge on any atom is -0.455 e. The molecule has 30 aromatic rings. The molecule has 12 heterocycles. The predicted octanol–water partition coefficient (Wildman–Crippen LogP) is 30.5. The summed E-state index contributed by atoms with van der Waals surface area (Å²) in [5.74, 6) is 2.18. The second kappa shape index (κ2) is 28.0. The van der Waals surface area contributed by atoms with Gasteiger partial charge in [0, 0.05) is 155 Å². The van der Waals surface area contributed by atoms with Crippen molar-refractivity contribution in [2.24, 2.45) is 0 Å². The van der Waals surface area contributed by atoms with E-state index in [0.717, 1.165) is 186 Å². The Balaban J connectivity index is 0.0000000981. The first-order valence-corrected chi connectivity index (χ1v) is 44.4. The van der Waals surface area contributed by atoms with Crippen LogP contribution in [0.1, 0.15) is 0 Å². The molecule has 0 fully saturated rings. The van der Waals surface area contributed by atoms with E-state index in [-0.39, 0.29) is 0 Å². The van der Waals surface area contributed by atoms with Crippen molar-refractivity contribution in [2.75, 3.05) is 0 Å². The fourth-order valence-electron chi connectivity index (χ4n) is 21.2. The average Bonchev–Trinajstić information content (AvgIpc) is 1.54. The third-order valence-corrected chi connectivity index (χ3v) is 27.8. The van der Waals surface area contributed by atoms with Gasteiger partial charge in [0.1, 0.15) is 28.1 Å². The van der Waals surface area contributed by atoms with Gasteiger partial charge in [-0.3, -0.25) is 28.7 Å². The van der Waals surface area contributed by atoms with Crippen LogP contribution in [-0.2, 0) is 0 Å². The Bertz CT molecular complexity index is 10100. The number of furan rings is 2. The zero-order chi connectivity index (χ0) is 84.9. The molecule has 18 aromatic carbocycles. The zero-order valence-corrected chi connectivity index (χ0v) is 70.0. The van der Waals surface area contributed by atoms with E-state index < -0.39 is 0 Å². The lowest BCUT2D eigenvalue weighted by Gasteiger charge is -2.14. The number of pyridine rings is 4. The maximum atomic E-state index is 6.58. The zero-order valence-electron chi connectivity index (χ0n) is 69.2. The van der Waals surface area contributed by atoms with Crippen molar-refractivity contribution in [3.8, 4) is 40.2 Å². The minimum absolute atomic E-state index is 0.623. The fraction of sp³-hybridized carbons (Fsp3) is 0. The van der Waals surface area contributed by atoms with Crippen molar-refractivity contribution in [1.29, 1.82) is 0 Å². The molecule has 0 unspecified atom stereocenters. The van der Waals surface area contributed by atoms with Crippen molar-refractivity contribution in [2.45, 2.75) is 0 Å². The molecule has 0 aliphatic rings. The minimum atomic E-state index is 0.623. The Morgan fingerprint density at radius 2 is 0.669 bits per heavy atom. The third kappa shape index (κ3) is 10.4. The van der Waals surface area contributed by atoms with E-state index in [2.05, 4.69) is 356 Å². The molecule has 0 radical (unpaired) electrons. The molecule has 0 saturated carbocycles. The van der Waals surface area contributed by atoms with E-state index in [4.69, 9.17) is 33.8 Å². The maximum absolute atomic E-state index is 6.58. The fourth-order valence-corrected chi connectivity index (χ4v) is 22.4. The summed E-state index contributed by atoms with van der Waals surface area (Å²) in [4.78, 5) is 40.3. The standard InChI is InChI=1S/C39H22N4O.C39H22N4S.C38H21N3O/c1-2-11-24(12-3-1)36-34-25-13-5-4-10-23(25)18-19-30(34)41-39(42-36)43-31-16-8-6-14-27(31)33-26-20-21-40-22-29(26)38-35(37(33)43)28-15-7-9-17-32(28)44-38;1-2-11-24(12-3-1)35-29-19-18-23-10-4-5-13-25(23)36(29)42-39(41-35)43-31-16-8-6-14-27(31)33-26-20-21-40-22-30(26)38-34(37(33)43)28-15-7-9-17-32(28)44-38;1-3-11-24-22(9-1)23-10-2-4-12-25(23)30-21-40-34(19-29(24)30)41-32-15-7-5-13-27(32)35-26-17-18-39-20-31(26)38-36(37(35)41)28-14-6-8-16-33(28)42-38/h2*1-22H;1-21H. The second-order valence-electron chi connectivity index (χ2n) is 33.4. The van der Waals surface area contributed by atoms with Crippen molar-refractivity contribution in [3.05, 3.63) is 395 Å². The summed E-state index contributed by atoms with van der Waals surface area (Å²) in [5, 5.41) is 34.3. The molecule has 0 spiro atoms. The van der Waals surface area contributed by atoms with E-state index in [0.29, 0.717) is 11.9 Å². The SMILES string of the molecule is c1ccc(-c2nc(-n3c4ccccc4c4c5ccncc5c5oc6ccccc6c5c43)nc3ccc4ccccc4c23)cc1.c1ccc(-c2nc(-n3c4ccccc4c4c5ccncc5c5sc6ccccc6c5c43)nc3c2ccc2ccccc23)cc1.c1ccc2c(c1)oc1c3cnccc3c3c4ccccc4n(-c4cc5c6ccccc6c6ccccc6c5cn4)c3c21. The van der Waals surface area contributed by atoms with Gasteiger partial charge in [-0.1, -0.05) is 279 Å². The van der Waals surface area contributed by atoms with Crippen LogP contribution in [0.4, 0.5) is 0 Å².